The number of aryl methyl sites for hydroxylation is 1. The first-order valence-electron chi connectivity index (χ1n) is 8.40. The van der Waals surface area contributed by atoms with E-state index in [1.165, 1.54) is 12.1 Å². The van der Waals surface area contributed by atoms with Crippen LogP contribution in [0.2, 0.25) is 5.02 Å². The molecule has 0 bridgehead atoms. The van der Waals surface area contributed by atoms with E-state index < -0.39 is 22.0 Å². The summed E-state index contributed by atoms with van der Waals surface area (Å²) in [6.45, 7) is -0.145. The fraction of sp³-hybridized carbons (Fsp3) is 0.316. The molecule has 1 atom stereocenters. The number of benzene rings is 2. The van der Waals surface area contributed by atoms with E-state index in [1.807, 2.05) is 12.1 Å². The normalized spacial score (nSPS) is 18.6. The number of hydrogen-bond donors (Lipinski definition) is 2. The standard InChI is InChI=1S/C19H18ClNO6/c20-14-4-5-15-12(8-14)2-1-7-19(15,10-22)11-27-17-6-3-13(18(23)24)9-16(17)21(25)26/h3-6,8-9,22H,1-2,7,10-11H2,(H,23,24). The number of carbonyl (C=O) groups is 1. The topological polar surface area (TPSA) is 110 Å². The molecular weight excluding hydrogens is 374 g/mol. The van der Waals surface area contributed by atoms with Gasteiger partial charge in [-0.3, -0.25) is 10.1 Å². The molecule has 0 aliphatic heterocycles. The molecule has 0 aromatic heterocycles. The summed E-state index contributed by atoms with van der Waals surface area (Å²) < 4.78 is 5.73. The predicted molar refractivity (Wildman–Crippen MR) is 98.7 cm³/mol. The molecule has 0 fully saturated rings. The molecule has 3 rings (SSSR count). The van der Waals surface area contributed by atoms with Crippen LogP contribution in [0.4, 0.5) is 5.69 Å². The molecule has 2 aromatic rings. The van der Waals surface area contributed by atoms with Gasteiger partial charge in [-0.15, -0.1) is 0 Å². The van der Waals surface area contributed by atoms with Gasteiger partial charge in [0.25, 0.3) is 0 Å². The van der Waals surface area contributed by atoms with Crippen molar-refractivity contribution in [2.45, 2.75) is 24.7 Å². The largest absolute Gasteiger partial charge is 0.486 e. The Morgan fingerprint density at radius 2 is 2.07 bits per heavy atom. The van der Waals surface area contributed by atoms with Crippen molar-refractivity contribution in [2.24, 2.45) is 0 Å². The van der Waals surface area contributed by atoms with Crippen LogP contribution in [0.1, 0.15) is 34.3 Å². The van der Waals surface area contributed by atoms with E-state index in [1.54, 1.807) is 6.07 Å². The quantitative estimate of drug-likeness (QED) is 0.575. The van der Waals surface area contributed by atoms with Gasteiger partial charge >= 0.3 is 11.7 Å². The van der Waals surface area contributed by atoms with Gasteiger partial charge in [0, 0.05) is 11.1 Å². The van der Waals surface area contributed by atoms with E-state index in [2.05, 4.69) is 0 Å². The number of nitro benzene ring substituents is 1. The maximum atomic E-state index is 11.3. The van der Waals surface area contributed by atoms with Gasteiger partial charge in [0.05, 0.1) is 22.5 Å². The lowest BCUT2D eigenvalue weighted by molar-refractivity contribution is -0.386. The molecule has 7 nitrogen and oxygen atoms in total. The third-order valence-electron chi connectivity index (χ3n) is 4.95. The van der Waals surface area contributed by atoms with Crippen LogP contribution >= 0.6 is 11.6 Å². The van der Waals surface area contributed by atoms with Gasteiger partial charge in [-0.25, -0.2) is 4.79 Å². The predicted octanol–water partition coefficient (Wildman–Crippen LogP) is 3.59. The molecular formula is C19H18ClNO6. The van der Waals surface area contributed by atoms with E-state index in [0.717, 1.165) is 30.0 Å². The van der Waals surface area contributed by atoms with Crippen molar-refractivity contribution >= 4 is 23.3 Å². The van der Waals surface area contributed by atoms with Gasteiger partial charge in [0.1, 0.15) is 6.61 Å². The Labute approximate surface area is 160 Å². The molecule has 2 N–H and O–H groups in total. The Bertz CT molecular complexity index is 900. The van der Waals surface area contributed by atoms with Crippen LogP contribution in [0, 0.1) is 10.1 Å². The summed E-state index contributed by atoms with van der Waals surface area (Å²) in [6.07, 6.45) is 2.33. The molecule has 27 heavy (non-hydrogen) atoms. The third-order valence-corrected chi connectivity index (χ3v) is 5.18. The molecule has 1 aliphatic rings. The molecule has 142 valence electrons. The number of carboxylic acid groups (broad SMARTS) is 1. The van der Waals surface area contributed by atoms with E-state index in [-0.39, 0.29) is 24.5 Å². The lowest BCUT2D eigenvalue weighted by Gasteiger charge is -2.37. The smallest absolute Gasteiger partial charge is 0.335 e. The second-order valence-electron chi connectivity index (χ2n) is 6.63. The average molecular weight is 392 g/mol. The Balaban J connectivity index is 1.92. The summed E-state index contributed by atoms with van der Waals surface area (Å²) in [4.78, 5) is 21.7. The Morgan fingerprint density at radius 1 is 1.30 bits per heavy atom. The second kappa shape index (κ2) is 7.54. The van der Waals surface area contributed by atoms with Crippen LogP contribution in [-0.4, -0.2) is 34.3 Å². The lowest BCUT2D eigenvalue weighted by Crippen LogP contribution is -2.40. The SMILES string of the molecule is O=C(O)c1ccc(OCC2(CO)CCCc3cc(Cl)ccc32)c([N+](=O)[O-])c1. The van der Waals surface area contributed by atoms with Crippen LogP contribution in [0.15, 0.2) is 36.4 Å². The number of ether oxygens (including phenoxy) is 1. The van der Waals surface area contributed by atoms with Crippen molar-refractivity contribution in [3.05, 3.63) is 68.2 Å². The zero-order chi connectivity index (χ0) is 19.6. The van der Waals surface area contributed by atoms with Crippen molar-refractivity contribution in [3.63, 3.8) is 0 Å². The summed E-state index contributed by atoms with van der Waals surface area (Å²) in [5, 5.41) is 31.0. The molecule has 0 heterocycles. The number of nitro groups is 1. The van der Waals surface area contributed by atoms with Gasteiger partial charge in [-0.1, -0.05) is 17.7 Å². The highest BCUT2D eigenvalue weighted by Gasteiger charge is 2.37. The highest BCUT2D eigenvalue weighted by atomic mass is 35.5. The molecule has 0 spiro atoms. The first kappa shape index (κ1) is 19.1. The van der Waals surface area contributed by atoms with Crippen LogP contribution in [-0.2, 0) is 11.8 Å². The third kappa shape index (κ3) is 3.74. The number of aliphatic hydroxyl groups excluding tert-OH is 1. The lowest BCUT2D eigenvalue weighted by atomic mass is 9.71. The van der Waals surface area contributed by atoms with E-state index in [0.29, 0.717) is 11.4 Å². The molecule has 0 saturated carbocycles. The fourth-order valence-corrected chi connectivity index (χ4v) is 3.72. The van der Waals surface area contributed by atoms with E-state index in [4.69, 9.17) is 21.4 Å². The molecule has 2 aromatic carbocycles. The Kier molecular flexibility index (Phi) is 5.34. The van der Waals surface area contributed by atoms with Crippen molar-refractivity contribution in [1.82, 2.24) is 0 Å². The maximum absolute atomic E-state index is 11.3. The zero-order valence-electron chi connectivity index (χ0n) is 14.4. The van der Waals surface area contributed by atoms with Crippen LogP contribution in [0.5, 0.6) is 5.75 Å². The van der Waals surface area contributed by atoms with Gasteiger partial charge in [-0.2, -0.15) is 0 Å². The van der Waals surface area contributed by atoms with Gasteiger partial charge in [0.2, 0.25) is 0 Å². The number of carboxylic acids is 1. The first-order chi connectivity index (χ1) is 12.9. The molecule has 0 saturated heterocycles. The number of aliphatic hydroxyl groups is 1. The van der Waals surface area contributed by atoms with E-state index >= 15 is 0 Å². The number of rotatable bonds is 6. The van der Waals surface area contributed by atoms with Crippen molar-refractivity contribution in [2.75, 3.05) is 13.2 Å². The Hall–Kier alpha value is -2.64. The number of fused-ring (bicyclic) bond motifs is 1. The van der Waals surface area contributed by atoms with Gasteiger partial charge in [-0.05, 0) is 54.7 Å². The summed E-state index contributed by atoms with van der Waals surface area (Å²) in [5.74, 6) is -1.28. The van der Waals surface area contributed by atoms with Crippen molar-refractivity contribution in [1.29, 1.82) is 0 Å². The number of hydrogen-bond acceptors (Lipinski definition) is 5. The molecule has 0 amide bonds. The Morgan fingerprint density at radius 3 is 2.74 bits per heavy atom. The number of aromatic carboxylic acids is 1. The molecule has 8 heteroatoms. The minimum atomic E-state index is -1.26. The highest BCUT2D eigenvalue weighted by Crippen LogP contribution is 2.39. The fourth-order valence-electron chi connectivity index (χ4n) is 3.53. The van der Waals surface area contributed by atoms with Crippen molar-refractivity contribution < 1.29 is 24.7 Å². The minimum Gasteiger partial charge on any atom is -0.486 e. The summed E-state index contributed by atoms with van der Waals surface area (Å²) in [7, 11) is 0. The van der Waals surface area contributed by atoms with Crippen LogP contribution < -0.4 is 4.74 Å². The maximum Gasteiger partial charge on any atom is 0.335 e. The van der Waals surface area contributed by atoms with Crippen molar-refractivity contribution in [3.8, 4) is 5.75 Å². The highest BCUT2D eigenvalue weighted by molar-refractivity contribution is 6.30. The number of nitrogens with zero attached hydrogens (tertiary/aromatic N) is 1. The van der Waals surface area contributed by atoms with Gasteiger partial charge in [0.15, 0.2) is 5.75 Å². The van der Waals surface area contributed by atoms with Crippen LogP contribution in [0.3, 0.4) is 0 Å². The molecule has 1 unspecified atom stereocenters. The summed E-state index contributed by atoms with van der Waals surface area (Å²) in [5.41, 5.74) is 0.642. The number of halogens is 1. The minimum absolute atomic E-state index is 0.0288. The van der Waals surface area contributed by atoms with Crippen LogP contribution in [0.25, 0.3) is 0 Å². The first-order valence-corrected chi connectivity index (χ1v) is 8.78. The molecule has 0 radical (unpaired) electrons. The second-order valence-corrected chi connectivity index (χ2v) is 7.06. The summed E-state index contributed by atoms with van der Waals surface area (Å²) >= 11 is 6.07. The monoisotopic (exact) mass is 391 g/mol. The zero-order valence-corrected chi connectivity index (χ0v) is 15.1. The van der Waals surface area contributed by atoms with Gasteiger partial charge < -0.3 is 14.9 Å². The summed E-state index contributed by atoms with van der Waals surface area (Å²) in [6, 6.07) is 8.98. The molecule has 1 aliphatic carbocycles. The average Bonchev–Trinajstić information content (AvgIpc) is 2.65. The van der Waals surface area contributed by atoms with E-state index in [9.17, 15) is 20.0 Å².